The smallest absolute Gasteiger partial charge is 0.127 e. The van der Waals surface area contributed by atoms with E-state index in [0.717, 1.165) is 30.6 Å². The molecule has 0 aliphatic carbocycles. The predicted molar refractivity (Wildman–Crippen MR) is 74.6 cm³/mol. The van der Waals surface area contributed by atoms with E-state index < -0.39 is 0 Å². The molecule has 0 atom stereocenters. The number of hydrogen-bond acceptors (Lipinski definition) is 3. The third-order valence-electron chi connectivity index (χ3n) is 3.75. The first-order chi connectivity index (χ1) is 9.13. The molecule has 0 bridgehead atoms. The van der Waals surface area contributed by atoms with Crippen LogP contribution in [0.5, 0.6) is 5.75 Å². The molecule has 1 saturated heterocycles. The molecule has 2 rings (SSSR count). The highest BCUT2D eigenvalue weighted by atomic mass is 19.1. The zero-order chi connectivity index (χ0) is 13.7. The number of nitrogens with one attached hydrogen (secondary N) is 1. The molecule has 1 heterocycles. The van der Waals surface area contributed by atoms with E-state index in [1.807, 2.05) is 0 Å². The molecule has 0 amide bonds. The normalized spacial score (nSPS) is 17.8. The summed E-state index contributed by atoms with van der Waals surface area (Å²) < 4.78 is 13.1. The second kappa shape index (κ2) is 6.87. The Balaban J connectivity index is 1.66. The molecule has 3 nitrogen and oxygen atoms in total. The average molecular weight is 266 g/mol. The van der Waals surface area contributed by atoms with Crippen molar-refractivity contribution in [2.45, 2.75) is 26.3 Å². The SMILES string of the molecule is CC1CCN(CCNCc2cc(O)cc(F)c2)CC1. The second-order valence-corrected chi connectivity index (χ2v) is 5.52. The van der Waals surface area contributed by atoms with E-state index in [-0.39, 0.29) is 11.6 Å². The van der Waals surface area contributed by atoms with Gasteiger partial charge < -0.3 is 15.3 Å². The molecular formula is C15H23FN2O. The van der Waals surface area contributed by atoms with Crippen molar-refractivity contribution in [2.24, 2.45) is 5.92 Å². The third kappa shape index (κ3) is 4.80. The minimum absolute atomic E-state index is 0.0122. The fraction of sp³-hybridized carbons (Fsp3) is 0.600. The molecule has 19 heavy (non-hydrogen) atoms. The van der Waals surface area contributed by atoms with Gasteiger partial charge in [0, 0.05) is 25.7 Å². The molecule has 0 radical (unpaired) electrons. The summed E-state index contributed by atoms with van der Waals surface area (Å²) in [6.45, 7) is 7.20. The summed E-state index contributed by atoms with van der Waals surface area (Å²) >= 11 is 0. The Morgan fingerprint density at radius 2 is 2.05 bits per heavy atom. The van der Waals surface area contributed by atoms with Crippen molar-refractivity contribution < 1.29 is 9.50 Å². The fourth-order valence-electron chi connectivity index (χ4n) is 2.49. The van der Waals surface area contributed by atoms with E-state index in [1.54, 1.807) is 6.07 Å². The van der Waals surface area contributed by atoms with Gasteiger partial charge in [-0.2, -0.15) is 0 Å². The van der Waals surface area contributed by atoms with Gasteiger partial charge in [0.05, 0.1) is 0 Å². The lowest BCUT2D eigenvalue weighted by Gasteiger charge is -2.30. The Labute approximate surface area is 114 Å². The van der Waals surface area contributed by atoms with Gasteiger partial charge in [0.25, 0.3) is 0 Å². The Hall–Kier alpha value is -1.13. The van der Waals surface area contributed by atoms with Crippen LogP contribution >= 0.6 is 0 Å². The van der Waals surface area contributed by atoms with Crippen molar-refractivity contribution in [2.75, 3.05) is 26.2 Å². The lowest BCUT2D eigenvalue weighted by molar-refractivity contribution is 0.193. The molecule has 2 N–H and O–H groups in total. The molecule has 0 unspecified atom stereocenters. The maximum Gasteiger partial charge on any atom is 0.127 e. The zero-order valence-corrected chi connectivity index (χ0v) is 11.5. The number of piperidine rings is 1. The minimum atomic E-state index is -0.387. The first-order valence-electron chi connectivity index (χ1n) is 7.05. The van der Waals surface area contributed by atoms with Crippen molar-refractivity contribution in [3.05, 3.63) is 29.6 Å². The van der Waals surface area contributed by atoms with Crippen molar-refractivity contribution in [1.29, 1.82) is 0 Å². The average Bonchev–Trinajstić information content (AvgIpc) is 2.36. The molecule has 106 valence electrons. The van der Waals surface area contributed by atoms with Crippen molar-refractivity contribution >= 4 is 0 Å². The standard InChI is InChI=1S/C15H23FN2O/c1-12-2-5-18(6-3-12)7-4-17-11-13-8-14(16)10-15(19)9-13/h8-10,12,17,19H,2-7,11H2,1H3. The molecule has 0 saturated carbocycles. The molecule has 0 aromatic heterocycles. The molecule has 1 aliphatic heterocycles. The van der Waals surface area contributed by atoms with Gasteiger partial charge in [-0.25, -0.2) is 4.39 Å². The van der Waals surface area contributed by atoms with Crippen LogP contribution in [0.2, 0.25) is 0 Å². The van der Waals surface area contributed by atoms with Crippen LogP contribution in [0.25, 0.3) is 0 Å². The van der Waals surface area contributed by atoms with Crippen LogP contribution in [0.4, 0.5) is 4.39 Å². The topological polar surface area (TPSA) is 35.5 Å². The minimum Gasteiger partial charge on any atom is -0.508 e. The van der Waals surface area contributed by atoms with Gasteiger partial charge in [-0.3, -0.25) is 0 Å². The van der Waals surface area contributed by atoms with Crippen molar-refractivity contribution in [3.63, 3.8) is 0 Å². The zero-order valence-electron chi connectivity index (χ0n) is 11.5. The number of benzene rings is 1. The van der Waals surface area contributed by atoms with E-state index in [2.05, 4.69) is 17.1 Å². The van der Waals surface area contributed by atoms with Crippen molar-refractivity contribution in [3.8, 4) is 5.75 Å². The summed E-state index contributed by atoms with van der Waals surface area (Å²) in [6, 6.07) is 4.17. The van der Waals surface area contributed by atoms with E-state index in [1.165, 1.54) is 32.0 Å². The van der Waals surface area contributed by atoms with Crippen LogP contribution in [0.15, 0.2) is 18.2 Å². The van der Waals surface area contributed by atoms with E-state index in [4.69, 9.17) is 0 Å². The van der Waals surface area contributed by atoms with Gasteiger partial charge in [-0.1, -0.05) is 6.92 Å². The van der Waals surface area contributed by atoms with Crippen LogP contribution in [0.1, 0.15) is 25.3 Å². The summed E-state index contributed by atoms with van der Waals surface area (Å²) in [5.41, 5.74) is 0.782. The number of likely N-dealkylation sites (tertiary alicyclic amines) is 1. The van der Waals surface area contributed by atoms with Crippen LogP contribution in [0.3, 0.4) is 0 Å². The van der Waals surface area contributed by atoms with Gasteiger partial charge in [0.15, 0.2) is 0 Å². The molecular weight excluding hydrogens is 243 g/mol. The Bertz CT molecular complexity index is 383. The molecule has 1 aliphatic rings. The Morgan fingerprint density at radius 1 is 1.32 bits per heavy atom. The van der Waals surface area contributed by atoms with Gasteiger partial charge in [0.1, 0.15) is 11.6 Å². The lowest BCUT2D eigenvalue weighted by Crippen LogP contribution is -2.37. The van der Waals surface area contributed by atoms with Crippen molar-refractivity contribution in [1.82, 2.24) is 10.2 Å². The number of rotatable bonds is 5. The summed E-state index contributed by atoms with van der Waals surface area (Å²) in [6.07, 6.45) is 2.58. The van der Waals surface area contributed by atoms with Gasteiger partial charge in [-0.15, -0.1) is 0 Å². The lowest BCUT2D eigenvalue weighted by atomic mass is 9.99. The summed E-state index contributed by atoms with van der Waals surface area (Å²) in [5, 5.41) is 12.6. The first-order valence-corrected chi connectivity index (χ1v) is 7.05. The summed E-state index contributed by atoms with van der Waals surface area (Å²) in [7, 11) is 0. The number of hydrogen-bond donors (Lipinski definition) is 2. The third-order valence-corrected chi connectivity index (χ3v) is 3.75. The number of aromatic hydroxyl groups is 1. The fourth-order valence-corrected chi connectivity index (χ4v) is 2.49. The van der Waals surface area contributed by atoms with Gasteiger partial charge in [0.2, 0.25) is 0 Å². The second-order valence-electron chi connectivity index (χ2n) is 5.52. The molecule has 1 fully saturated rings. The van der Waals surface area contributed by atoms with E-state index in [0.29, 0.717) is 6.54 Å². The van der Waals surface area contributed by atoms with Crippen LogP contribution in [-0.2, 0) is 6.54 Å². The summed E-state index contributed by atoms with van der Waals surface area (Å²) in [5.74, 6) is 0.461. The molecule has 4 heteroatoms. The maximum atomic E-state index is 13.1. The maximum absolute atomic E-state index is 13.1. The monoisotopic (exact) mass is 266 g/mol. The van der Waals surface area contributed by atoms with Crippen LogP contribution in [0, 0.1) is 11.7 Å². The van der Waals surface area contributed by atoms with Gasteiger partial charge in [-0.05, 0) is 49.5 Å². The number of phenols is 1. The predicted octanol–water partition coefficient (Wildman–Crippen LogP) is 2.35. The molecule has 1 aromatic rings. The highest BCUT2D eigenvalue weighted by molar-refractivity contribution is 5.28. The summed E-state index contributed by atoms with van der Waals surface area (Å²) in [4.78, 5) is 2.47. The number of halogens is 1. The molecule has 0 spiro atoms. The number of nitrogens with zero attached hydrogens (tertiary/aromatic N) is 1. The highest BCUT2D eigenvalue weighted by Crippen LogP contribution is 2.16. The largest absolute Gasteiger partial charge is 0.508 e. The van der Waals surface area contributed by atoms with E-state index in [9.17, 15) is 9.50 Å². The Kier molecular flexibility index (Phi) is 5.16. The molecule has 1 aromatic carbocycles. The van der Waals surface area contributed by atoms with Crippen LogP contribution < -0.4 is 5.32 Å². The van der Waals surface area contributed by atoms with E-state index >= 15 is 0 Å². The Morgan fingerprint density at radius 3 is 2.74 bits per heavy atom. The quantitative estimate of drug-likeness (QED) is 0.803. The van der Waals surface area contributed by atoms with Crippen LogP contribution in [-0.4, -0.2) is 36.2 Å². The number of phenolic OH excluding ortho intramolecular Hbond substituents is 1. The van der Waals surface area contributed by atoms with Gasteiger partial charge >= 0.3 is 0 Å². The highest BCUT2D eigenvalue weighted by Gasteiger charge is 2.14. The first kappa shape index (κ1) is 14.3.